The zero-order valence-electron chi connectivity index (χ0n) is 20.6. The van der Waals surface area contributed by atoms with Crippen LogP contribution in [0, 0.1) is 40.4 Å². The van der Waals surface area contributed by atoms with Crippen LogP contribution in [-0.4, -0.2) is 36.4 Å². The summed E-state index contributed by atoms with van der Waals surface area (Å²) in [5, 5.41) is 11.6. The van der Waals surface area contributed by atoms with Crippen LogP contribution in [0.25, 0.3) is 0 Å². The summed E-state index contributed by atoms with van der Waals surface area (Å²) >= 11 is 0. The molecule has 9 atom stereocenters. The third-order valence-electron chi connectivity index (χ3n) is 10.2. The van der Waals surface area contributed by atoms with E-state index < -0.39 is 6.10 Å². The maximum atomic E-state index is 11.7. The molecular weight excluding hydrogens is 404 g/mol. The molecule has 4 aliphatic carbocycles. The average Bonchev–Trinajstić information content (AvgIpc) is 3.11. The lowest BCUT2D eigenvalue weighted by atomic mass is 9.47. The monoisotopic (exact) mass is 446 g/mol. The van der Waals surface area contributed by atoms with Crippen LogP contribution in [-0.2, 0) is 19.1 Å². The molecule has 5 nitrogen and oxygen atoms in total. The van der Waals surface area contributed by atoms with Crippen molar-refractivity contribution in [3.05, 3.63) is 11.6 Å². The van der Waals surface area contributed by atoms with Crippen LogP contribution in [0.3, 0.4) is 0 Å². The van der Waals surface area contributed by atoms with Crippen LogP contribution in [0.5, 0.6) is 0 Å². The van der Waals surface area contributed by atoms with Crippen LogP contribution in [0.4, 0.5) is 0 Å². The second-order valence-electron chi connectivity index (χ2n) is 11.6. The van der Waals surface area contributed by atoms with Crippen molar-refractivity contribution in [1.82, 2.24) is 0 Å². The van der Waals surface area contributed by atoms with Crippen molar-refractivity contribution >= 4 is 11.9 Å². The minimum Gasteiger partial charge on any atom is -0.469 e. The Bertz CT molecular complexity index is 774. The molecule has 5 heteroatoms. The molecule has 3 saturated carbocycles. The molecule has 180 valence electrons. The lowest BCUT2D eigenvalue weighted by Crippen LogP contribution is -2.53. The highest BCUT2D eigenvalue weighted by molar-refractivity contribution is 5.69. The molecule has 0 bridgehead atoms. The molecule has 0 saturated heterocycles. The topological polar surface area (TPSA) is 72.8 Å². The number of fused-ring (bicyclic) bond motifs is 5. The first-order chi connectivity index (χ1) is 15.1. The molecule has 0 amide bonds. The number of ether oxygens (including phenoxy) is 2. The smallest absolute Gasteiger partial charge is 0.305 e. The molecule has 0 radical (unpaired) electrons. The maximum absolute atomic E-state index is 11.7. The summed E-state index contributed by atoms with van der Waals surface area (Å²) in [4.78, 5) is 23.2. The summed E-state index contributed by atoms with van der Waals surface area (Å²) < 4.78 is 10.4. The number of hydrogen-bond acceptors (Lipinski definition) is 5. The van der Waals surface area contributed by atoms with Crippen molar-refractivity contribution in [2.45, 2.75) is 97.7 Å². The Morgan fingerprint density at radius 3 is 2.62 bits per heavy atom. The van der Waals surface area contributed by atoms with Crippen molar-refractivity contribution in [3.8, 4) is 0 Å². The molecule has 4 rings (SSSR count). The highest BCUT2D eigenvalue weighted by Crippen LogP contribution is 2.66. The molecule has 0 aliphatic heterocycles. The van der Waals surface area contributed by atoms with Gasteiger partial charge in [0.2, 0.25) is 0 Å². The highest BCUT2D eigenvalue weighted by atomic mass is 16.5. The molecule has 0 heterocycles. The molecule has 32 heavy (non-hydrogen) atoms. The number of carbonyl (C=O) groups is 2. The molecule has 0 spiro atoms. The SMILES string of the molecule is COC(=O)CC[C@@H](C)[C@H]1CC[C@H]2[C@@H]3CC[C@@H]4C[C@H](OC(C)=O)CC[C@]4(C)C3=CC(O)[C@]12C. The van der Waals surface area contributed by atoms with Gasteiger partial charge in [-0.15, -0.1) is 0 Å². The Morgan fingerprint density at radius 1 is 1.19 bits per heavy atom. The number of rotatable bonds is 5. The highest BCUT2D eigenvalue weighted by Gasteiger charge is 2.60. The second kappa shape index (κ2) is 8.77. The zero-order valence-corrected chi connectivity index (χ0v) is 20.6. The van der Waals surface area contributed by atoms with E-state index in [1.165, 1.54) is 38.9 Å². The number of allylic oxidation sites excluding steroid dienone is 1. The van der Waals surface area contributed by atoms with Gasteiger partial charge in [0.1, 0.15) is 6.10 Å². The first-order valence-electron chi connectivity index (χ1n) is 12.8. The van der Waals surface area contributed by atoms with Crippen LogP contribution in [0.15, 0.2) is 11.6 Å². The van der Waals surface area contributed by atoms with Crippen LogP contribution >= 0.6 is 0 Å². The van der Waals surface area contributed by atoms with Gasteiger partial charge in [-0.05, 0) is 86.4 Å². The predicted molar refractivity (Wildman–Crippen MR) is 123 cm³/mol. The summed E-state index contributed by atoms with van der Waals surface area (Å²) in [6.45, 7) is 8.48. The Morgan fingerprint density at radius 2 is 1.94 bits per heavy atom. The van der Waals surface area contributed by atoms with Crippen molar-refractivity contribution in [2.24, 2.45) is 40.4 Å². The van der Waals surface area contributed by atoms with Gasteiger partial charge in [0.25, 0.3) is 0 Å². The van der Waals surface area contributed by atoms with Gasteiger partial charge >= 0.3 is 11.9 Å². The maximum Gasteiger partial charge on any atom is 0.305 e. The summed E-state index contributed by atoms with van der Waals surface area (Å²) in [5.41, 5.74) is 1.48. The number of methoxy groups -OCH3 is 1. The van der Waals surface area contributed by atoms with Gasteiger partial charge in [-0.2, -0.15) is 0 Å². The number of hydrogen-bond donors (Lipinski definition) is 1. The van der Waals surface area contributed by atoms with E-state index in [0.717, 1.165) is 32.1 Å². The van der Waals surface area contributed by atoms with Crippen molar-refractivity contribution in [2.75, 3.05) is 7.11 Å². The Kier molecular flexibility index (Phi) is 6.52. The first-order valence-corrected chi connectivity index (χ1v) is 12.8. The summed E-state index contributed by atoms with van der Waals surface area (Å²) in [6.07, 6.45) is 10.7. The van der Waals surface area contributed by atoms with Crippen LogP contribution in [0.1, 0.15) is 85.5 Å². The number of aliphatic hydroxyl groups excluding tert-OH is 1. The van der Waals surface area contributed by atoms with E-state index in [9.17, 15) is 14.7 Å². The van der Waals surface area contributed by atoms with E-state index in [-0.39, 0.29) is 28.9 Å². The number of carbonyl (C=O) groups excluding carboxylic acids is 2. The van der Waals surface area contributed by atoms with E-state index in [1.54, 1.807) is 0 Å². The fourth-order valence-corrected chi connectivity index (χ4v) is 8.44. The first kappa shape index (κ1) is 23.8. The van der Waals surface area contributed by atoms with Crippen molar-refractivity contribution < 1.29 is 24.2 Å². The molecule has 0 aromatic carbocycles. The van der Waals surface area contributed by atoms with Crippen LogP contribution in [0.2, 0.25) is 0 Å². The molecule has 1 N–H and O–H groups in total. The van der Waals surface area contributed by atoms with Gasteiger partial charge in [0.05, 0.1) is 13.2 Å². The van der Waals surface area contributed by atoms with Gasteiger partial charge in [0, 0.05) is 18.8 Å². The summed E-state index contributed by atoms with van der Waals surface area (Å²) in [5.74, 6) is 2.08. The summed E-state index contributed by atoms with van der Waals surface area (Å²) in [7, 11) is 1.45. The van der Waals surface area contributed by atoms with Gasteiger partial charge < -0.3 is 14.6 Å². The molecular formula is C27H42O5. The van der Waals surface area contributed by atoms with Gasteiger partial charge in [-0.1, -0.05) is 32.4 Å². The molecule has 3 fully saturated rings. The molecule has 4 aliphatic rings. The largest absolute Gasteiger partial charge is 0.469 e. The number of esters is 2. The Labute approximate surface area is 193 Å². The van der Waals surface area contributed by atoms with Gasteiger partial charge in [-0.3, -0.25) is 9.59 Å². The number of aliphatic hydroxyl groups is 1. The van der Waals surface area contributed by atoms with Crippen molar-refractivity contribution in [3.63, 3.8) is 0 Å². The minimum absolute atomic E-state index is 0.0491. The zero-order chi connectivity index (χ0) is 23.3. The summed E-state index contributed by atoms with van der Waals surface area (Å²) in [6, 6.07) is 0. The minimum atomic E-state index is -0.436. The fourth-order valence-electron chi connectivity index (χ4n) is 8.44. The average molecular weight is 447 g/mol. The lowest BCUT2D eigenvalue weighted by Gasteiger charge is -2.58. The van der Waals surface area contributed by atoms with E-state index in [4.69, 9.17) is 9.47 Å². The van der Waals surface area contributed by atoms with Crippen LogP contribution < -0.4 is 0 Å². The fraction of sp³-hybridized carbons (Fsp3) is 0.852. The molecule has 1 unspecified atom stereocenters. The standard InChI is InChI=1S/C27H42O5/c1-16(6-11-25(30)31-5)21-9-10-22-20-8-7-18-14-19(32-17(2)28)12-13-26(18,3)23(20)15-24(29)27(21,22)4/h15-16,18-22,24,29H,6-14H2,1-5H3/t16-,18-,19-,20+,21-,22+,24?,26+,27-/m1/s1. The van der Waals surface area contributed by atoms with Gasteiger partial charge in [-0.25, -0.2) is 0 Å². The Hall–Kier alpha value is -1.36. The third-order valence-corrected chi connectivity index (χ3v) is 10.2. The van der Waals surface area contributed by atoms with E-state index >= 15 is 0 Å². The molecule has 0 aromatic heterocycles. The van der Waals surface area contributed by atoms with E-state index in [2.05, 4.69) is 26.8 Å². The van der Waals surface area contributed by atoms with E-state index in [0.29, 0.717) is 36.0 Å². The quantitative estimate of drug-likeness (QED) is 0.472. The van der Waals surface area contributed by atoms with Crippen molar-refractivity contribution in [1.29, 1.82) is 0 Å². The Balaban J connectivity index is 1.55. The molecule has 0 aromatic rings. The predicted octanol–water partition coefficient (Wildman–Crippen LogP) is 5.06. The second-order valence-corrected chi connectivity index (χ2v) is 11.6. The third kappa shape index (κ3) is 3.82. The van der Waals surface area contributed by atoms with Gasteiger partial charge in [0.15, 0.2) is 0 Å². The lowest BCUT2D eigenvalue weighted by molar-refractivity contribution is -0.151. The van der Waals surface area contributed by atoms with E-state index in [1.807, 2.05) is 0 Å². The normalized spacial score (nSPS) is 43.9.